The monoisotopic (exact) mass is 220 g/mol. The lowest BCUT2D eigenvalue weighted by Gasteiger charge is -2.24. The van der Waals surface area contributed by atoms with Gasteiger partial charge in [-0.1, -0.05) is 12.1 Å². The lowest BCUT2D eigenvalue weighted by Crippen LogP contribution is -2.23. The minimum absolute atomic E-state index is 0.205. The molecule has 0 N–H and O–H groups in total. The molecule has 1 aromatic rings. The van der Waals surface area contributed by atoms with E-state index in [0.29, 0.717) is 6.42 Å². The van der Waals surface area contributed by atoms with Gasteiger partial charge >= 0.3 is 0 Å². The van der Waals surface area contributed by atoms with E-state index >= 15 is 0 Å². The van der Waals surface area contributed by atoms with Crippen molar-refractivity contribution in [2.45, 2.75) is 25.8 Å². The molecule has 0 fully saturated rings. The molecule has 1 aromatic carbocycles. The van der Waals surface area contributed by atoms with Gasteiger partial charge in [0.25, 0.3) is 0 Å². The highest BCUT2D eigenvalue weighted by molar-refractivity contribution is 5.19. The fraction of sp³-hybridized carbons (Fsp3) is 0.462. The van der Waals surface area contributed by atoms with Crippen LogP contribution in [0.2, 0.25) is 0 Å². The molecule has 1 rings (SSSR count). The molecule has 1 unspecified atom stereocenters. The molecule has 1 atom stereocenters. The Hall–Kier alpha value is -1.40. The first-order chi connectivity index (χ1) is 7.65. The second-order valence-electron chi connectivity index (χ2n) is 3.97. The third-order valence-electron chi connectivity index (χ3n) is 2.81. The van der Waals surface area contributed by atoms with Crippen molar-refractivity contribution in [3.8, 4) is 6.07 Å². The lowest BCUT2D eigenvalue weighted by molar-refractivity contribution is 0.259. The molecule has 0 bridgehead atoms. The van der Waals surface area contributed by atoms with E-state index in [4.69, 9.17) is 5.26 Å². The maximum absolute atomic E-state index is 12.7. The van der Waals surface area contributed by atoms with Gasteiger partial charge in [-0.15, -0.1) is 0 Å². The highest BCUT2D eigenvalue weighted by Crippen LogP contribution is 2.19. The molecule has 0 spiro atoms. The van der Waals surface area contributed by atoms with Crippen LogP contribution in [-0.2, 0) is 0 Å². The normalized spacial score (nSPS) is 12.4. The van der Waals surface area contributed by atoms with Crippen molar-refractivity contribution < 1.29 is 4.39 Å². The summed E-state index contributed by atoms with van der Waals surface area (Å²) >= 11 is 0. The van der Waals surface area contributed by atoms with Crippen molar-refractivity contribution in [1.29, 1.82) is 5.26 Å². The summed E-state index contributed by atoms with van der Waals surface area (Å²) < 4.78 is 12.7. The Bertz CT molecular complexity index is 353. The summed E-state index contributed by atoms with van der Waals surface area (Å²) in [6.07, 6.45) is 1.46. The van der Waals surface area contributed by atoms with Crippen LogP contribution in [0.5, 0.6) is 0 Å². The van der Waals surface area contributed by atoms with Crippen LogP contribution < -0.4 is 0 Å². The molecular weight excluding hydrogens is 203 g/mol. The van der Waals surface area contributed by atoms with Gasteiger partial charge in [-0.05, 0) is 44.6 Å². The summed E-state index contributed by atoms with van der Waals surface area (Å²) in [4.78, 5) is 2.17. The van der Waals surface area contributed by atoms with Gasteiger partial charge in [0, 0.05) is 12.5 Å². The zero-order chi connectivity index (χ0) is 12.0. The van der Waals surface area contributed by atoms with Crippen molar-refractivity contribution in [2.75, 3.05) is 13.6 Å². The first kappa shape index (κ1) is 12.7. The van der Waals surface area contributed by atoms with Gasteiger partial charge in [0.2, 0.25) is 0 Å². The second kappa shape index (κ2) is 6.24. The van der Waals surface area contributed by atoms with Crippen LogP contribution in [0.25, 0.3) is 0 Å². The largest absolute Gasteiger partial charge is 0.300 e. The number of benzene rings is 1. The molecule has 0 aromatic heterocycles. The third-order valence-corrected chi connectivity index (χ3v) is 2.81. The fourth-order valence-electron chi connectivity index (χ4n) is 1.60. The molecule has 16 heavy (non-hydrogen) atoms. The second-order valence-corrected chi connectivity index (χ2v) is 3.97. The molecule has 0 heterocycles. The van der Waals surface area contributed by atoms with Gasteiger partial charge in [-0.2, -0.15) is 5.26 Å². The third kappa shape index (κ3) is 3.63. The lowest BCUT2D eigenvalue weighted by atomic mass is 10.1. The SMILES string of the molecule is CC(c1ccc(F)cc1)N(C)CCCC#N. The number of nitrogens with zero attached hydrogens (tertiary/aromatic N) is 2. The molecule has 0 amide bonds. The van der Waals surface area contributed by atoms with E-state index in [2.05, 4.69) is 17.9 Å². The van der Waals surface area contributed by atoms with E-state index < -0.39 is 0 Å². The smallest absolute Gasteiger partial charge is 0.123 e. The molecule has 0 saturated carbocycles. The van der Waals surface area contributed by atoms with Crippen LogP contribution in [0.15, 0.2) is 24.3 Å². The Balaban J connectivity index is 2.53. The van der Waals surface area contributed by atoms with Crippen LogP contribution in [-0.4, -0.2) is 18.5 Å². The minimum atomic E-state index is -0.205. The van der Waals surface area contributed by atoms with E-state index in [9.17, 15) is 4.39 Å². The van der Waals surface area contributed by atoms with Crippen LogP contribution in [0, 0.1) is 17.1 Å². The Morgan fingerprint density at radius 2 is 2.00 bits per heavy atom. The van der Waals surface area contributed by atoms with Gasteiger partial charge < -0.3 is 0 Å². The van der Waals surface area contributed by atoms with Gasteiger partial charge in [0.1, 0.15) is 5.82 Å². The van der Waals surface area contributed by atoms with E-state index in [1.807, 2.05) is 7.05 Å². The van der Waals surface area contributed by atoms with Crippen LogP contribution in [0.3, 0.4) is 0 Å². The molecule has 2 nitrogen and oxygen atoms in total. The molecule has 0 saturated heterocycles. The summed E-state index contributed by atoms with van der Waals surface area (Å²) in [5, 5.41) is 8.46. The van der Waals surface area contributed by atoms with E-state index in [1.54, 1.807) is 12.1 Å². The predicted octanol–water partition coefficient (Wildman–Crippen LogP) is 3.12. The average Bonchev–Trinajstić information content (AvgIpc) is 2.29. The summed E-state index contributed by atoms with van der Waals surface area (Å²) in [6, 6.07) is 8.96. The van der Waals surface area contributed by atoms with Gasteiger partial charge in [0.05, 0.1) is 6.07 Å². The summed E-state index contributed by atoms with van der Waals surface area (Å²) in [7, 11) is 2.02. The Morgan fingerprint density at radius 3 is 2.56 bits per heavy atom. The molecule has 0 aliphatic rings. The van der Waals surface area contributed by atoms with Gasteiger partial charge in [-0.3, -0.25) is 4.90 Å². The first-order valence-electron chi connectivity index (χ1n) is 5.48. The highest BCUT2D eigenvalue weighted by Gasteiger charge is 2.10. The first-order valence-corrected chi connectivity index (χ1v) is 5.48. The number of halogens is 1. The quantitative estimate of drug-likeness (QED) is 0.713. The molecular formula is C13H17FN2. The Kier molecular flexibility index (Phi) is 4.94. The standard InChI is InChI=1S/C13H17FN2/c1-11(16(2)10-4-3-9-15)12-5-7-13(14)8-6-12/h5-8,11H,3-4,10H2,1-2H3. The van der Waals surface area contributed by atoms with Crippen molar-refractivity contribution in [3.63, 3.8) is 0 Å². The predicted molar refractivity (Wildman–Crippen MR) is 62.3 cm³/mol. The van der Waals surface area contributed by atoms with Gasteiger partial charge in [0.15, 0.2) is 0 Å². The Morgan fingerprint density at radius 1 is 1.38 bits per heavy atom. The highest BCUT2D eigenvalue weighted by atomic mass is 19.1. The summed E-state index contributed by atoms with van der Waals surface area (Å²) in [5.41, 5.74) is 1.10. The maximum Gasteiger partial charge on any atom is 0.123 e. The number of hydrogen-bond acceptors (Lipinski definition) is 2. The van der Waals surface area contributed by atoms with Crippen LogP contribution in [0.4, 0.5) is 4.39 Å². The number of hydrogen-bond donors (Lipinski definition) is 0. The number of nitriles is 1. The minimum Gasteiger partial charge on any atom is -0.300 e. The number of rotatable bonds is 5. The molecule has 3 heteroatoms. The number of unbranched alkanes of at least 4 members (excludes halogenated alkanes) is 1. The summed E-state index contributed by atoms with van der Waals surface area (Å²) in [6.45, 7) is 2.96. The van der Waals surface area contributed by atoms with Crippen molar-refractivity contribution in [2.24, 2.45) is 0 Å². The summed E-state index contributed by atoms with van der Waals surface area (Å²) in [5.74, 6) is -0.205. The zero-order valence-electron chi connectivity index (χ0n) is 9.78. The molecule has 0 radical (unpaired) electrons. The van der Waals surface area contributed by atoms with Gasteiger partial charge in [-0.25, -0.2) is 4.39 Å². The van der Waals surface area contributed by atoms with Crippen molar-refractivity contribution in [3.05, 3.63) is 35.6 Å². The maximum atomic E-state index is 12.7. The fourth-order valence-corrected chi connectivity index (χ4v) is 1.60. The zero-order valence-corrected chi connectivity index (χ0v) is 9.78. The van der Waals surface area contributed by atoms with E-state index in [1.165, 1.54) is 12.1 Å². The molecule has 0 aliphatic heterocycles. The Labute approximate surface area is 96.3 Å². The van der Waals surface area contributed by atoms with Crippen LogP contribution in [0.1, 0.15) is 31.4 Å². The van der Waals surface area contributed by atoms with Crippen molar-refractivity contribution in [1.82, 2.24) is 4.90 Å². The van der Waals surface area contributed by atoms with E-state index in [-0.39, 0.29) is 11.9 Å². The topological polar surface area (TPSA) is 27.0 Å². The van der Waals surface area contributed by atoms with E-state index in [0.717, 1.165) is 18.5 Å². The van der Waals surface area contributed by atoms with Crippen molar-refractivity contribution >= 4 is 0 Å². The molecule has 0 aliphatic carbocycles. The molecule has 86 valence electrons. The average molecular weight is 220 g/mol. The van der Waals surface area contributed by atoms with Crippen LogP contribution >= 0.6 is 0 Å².